The number of thiocarbonyl (C=S) groups is 1. The van der Waals surface area contributed by atoms with E-state index in [4.69, 9.17) is 21.7 Å². The van der Waals surface area contributed by atoms with Crippen LogP contribution in [0.5, 0.6) is 11.5 Å². The summed E-state index contributed by atoms with van der Waals surface area (Å²) < 4.78 is 10.8. The molecule has 1 aliphatic rings. The van der Waals surface area contributed by atoms with Crippen molar-refractivity contribution in [1.29, 1.82) is 0 Å². The zero-order valence-corrected chi connectivity index (χ0v) is 15.8. The molecule has 0 aromatic heterocycles. The van der Waals surface area contributed by atoms with Gasteiger partial charge in [-0.25, -0.2) is 0 Å². The Labute approximate surface area is 154 Å². The van der Waals surface area contributed by atoms with Crippen molar-refractivity contribution in [2.24, 2.45) is 0 Å². The molecule has 5 heteroatoms. The minimum atomic E-state index is 0.754. The summed E-state index contributed by atoms with van der Waals surface area (Å²) in [5, 5.41) is 4.10. The first kappa shape index (κ1) is 17.5. The van der Waals surface area contributed by atoms with Gasteiger partial charge in [-0.15, -0.1) is 0 Å². The normalized spacial score (nSPS) is 13.2. The van der Waals surface area contributed by atoms with Gasteiger partial charge in [0.25, 0.3) is 0 Å². The zero-order chi connectivity index (χ0) is 17.8. The standard InChI is InChI=1S/C20H24N2O2S/c1-4-14-5-7-17(8-6-14)21-20(25)22-10-9-15-11-18(23-2)19(24-3)12-16(15)13-22/h5-8,11-12H,4,9-10,13H2,1-3H3,(H,21,25). The van der Waals surface area contributed by atoms with E-state index in [0.717, 1.165) is 48.2 Å². The van der Waals surface area contributed by atoms with E-state index in [0.29, 0.717) is 0 Å². The lowest BCUT2D eigenvalue weighted by Gasteiger charge is -2.31. The molecule has 2 aromatic rings. The van der Waals surface area contributed by atoms with Crippen molar-refractivity contribution in [3.8, 4) is 11.5 Å². The van der Waals surface area contributed by atoms with Crippen LogP contribution in [0.2, 0.25) is 0 Å². The average molecular weight is 356 g/mol. The Bertz CT molecular complexity index is 759. The summed E-state index contributed by atoms with van der Waals surface area (Å²) in [5.41, 5.74) is 4.88. The molecule has 2 aromatic carbocycles. The number of aryl methyl sites for hydroxylation is 1. The number of anilines is 1. The summed E-state index contributed by atoms with van der Waals surface area (Å²) in [6, 6.07) is 12.6. The van der Waals surface area contributed by atoms with Crippen molar-refractivity contribution >= 4 is 23.0 Å². The number of benzene rings is 2. The first-order valence-electron chi connectivity index (χ1n) is 8.53. The Hall–Kier alpha value is -2.27. The van der Waals surface area contributed by atoms with E-state index in [1.165, 1.54) is 16.7 Å². The Kier molecular flexibility index (Phi) is 5.43. The molecule has 0 amide bonds. The van der Waals surface area contributed by atoms with Gasteiger partial charge in [0.15, 0.2) is 16.6 Å². The number of hydrogen-bond donors (Lipinski definition) is 1. The molecule has 0 bridgehead atoms. The highest BCUT2D eigenvalue weighted by atomic mass is 32.1. The summed E-state index contributed by atoms with van der Waals surface area (Å²) >= 11 is 5.61. The van der Waals surface area contributed by atoms with Crippen LogP contribution in [-0.4, -0.2) is 30.8 Å². The SMILES string of the molecule is CCc1ccc(NC(=S)N2CCc3cc(OC)c(OC)cc3C2)cc1. The lowest BCUT2D eigenvalue weighted by molar-refractivity contribution is 0.348. The maximum Gasteiger partial charge on any atom is 0.173 e. The third-order valence-electron chi connectivity index (χ3n) is 4.62. The van der Waals surface area contributed by atoms with Crippen LogP contribution in [0, 0.1) is 0 Å². The van der Waals surface area contributed by atoms with E-state index in [1.807, 2.05) is 0 Å². The molecule has 1 heterocycles. The minimum Gasteiger partial charge on any atom is -0.493 e. The van der Waals surface area contributed by atoms with Crippen LogP contribution in [0.1, 0.15) is 23.6 Å². The second-order valence-corrected chi connectivity index (χ2v) is 6.51. The molecular formula is C20H24N2O2S. The molecule has 0 spiro atoms. The second-order valence-electron chi connectivity index (χ2n) is 6.13. The second kappa shape index (κ2) is 7.74. The Morgan fingerprint density at radius 3 is 2.32 bits per heavy atom. The van der Waals surface area contributed by atoms with Gasteiger partial charge in [-0.1, -0.05) is 19.1 Å². The van der Waals surface area contributed by atoms with Crippen molar-refractivity contribution in [2.45, 2.75) is 26.3 Å². The number of methoxy groups -OCH3 is 2. The van der Waals surface area contributed by atoms with E-state index in [1.54, 1.807) is 14.2 Å². The summed E-state index contributed by atoms with van der Waals surface area (Å²) in [6.07, 6.45) is 1.98. The maximum atomic E-state index is 5.61. The quantitative estimate of drug-likeness (QED) is 0.837. The van der Waals surface area contributed by atoms with Crippen LogP contribution < -0.4 is 14.8 Å². The highest BCUT2D eigenvalue weighted by molar-refractivity contribution is 7.80. The number of hydrogen-bond acceptors (Lipinski definition) is 3. The van der Waals surface area contributed by atoms with Gasteiger partial charge >= 0.3 is 0 Å². The lowest BCUT2D eigenvalue weighted by atomic mass is 9.99. The molecule has 0 aliphatic carbocycles. The molecule has 4 nitrogen and oxygen atoms in total. The molecular weight excluding hydrogens is 332 g/mol. The molecule has 132 valence electrons. The number of nitrogens with one attached hydrogen (secondary N) is 1. The third kappa shape index (κ3) is 3.87. The third-order valence-corrected chi connectivity index (χ3v) is 4.98. The van der Waals surface area contributed by atoms with E-state index in [9.17, 15) is 0 Å². The first-order chi connectivity index (χ1) is 12.1. The monoisotopic (exact) mass is 356 g/mol. The highest BCUT2D eigenvalue weighted by Crippen LogP contribution is 2.33. The van der Waals surface area contributed by atoms with Crippen molar-refractivity contribution in [1.82, 2.24) is 4.90 Å². The van der Waals surface area contributed by atoms with Gasteiger partial charge in [0, 0.05) is 18.8 Å². The average Bonchev–Trinajstić information content (AvgIpc) is 2.66. The van der Waals surface area contributed by atoms with E-state index in [-0.39, 0.29) is 0 Å². The summed E-state index contributed by atoms with van der Waals surface area (Å²) in [7, 11) is 3.33. The molecule has 0 radical (unpaired) electrons. The van der Waals surface area contributed by atoms with Gasteiger partial charge in [0.2, 0.25) is 0 Å². The molecule has 0 fully saturated rings. The van der Waals surface area contributed by atoms with E-state index in [2.05, 4.69) is 53.5 Å². The van der Waals surface area contributed by atoms with Gasteiger partial charge < -0.3 is 19.7 Å². The molecule has 3 rings (SSSR count). The number of fused-ring (bicyclic) bond motifs is 1. The molecule has 1 aliphatic heterocycles. The van der Waals surface area contributed by atoms with Gasteiger partial charge in [0.05, 0.1) is 14.2 Å². The fourth-order valence-electron chi connectivity index (χ4n) is 3.08. The number of nitrogens with zero attached hydrogens (tertiary/aromatic N) is 1. The fourth-order valence-corrected chi connectivity index (χ4v) is 3.36. The topological polar surface area (TPSA) is 33.7 Å². The largest absolute Gasteiger partial charge is 0.493 e. The Morgan fingerprint density at radius 1 is 1.08 bits per heavy atom. The smallest absolute Gasteiger partial charge is 0.173 e. The van der Waals surface area contributed by atoms with Crippen LogP contribution in [0.15, 0.2) is 36.4 Å². The van der Waals surface area contributed by atoms with Crippen molar-refractivity contribution in [3.05, 3.63) is 53.1 Å². The first-order valence-corrected chi connectivity index (χ1v) is 8.94. The van der Waals surface area contributed by atoms with Crippen molar-refractivity contribution < 1.29 is 9.47 Å². The molecule has 0 saturated heterocycles. The van der Waals surface area contributed by atoms with Gasteiger partial charge in [0.1, 0.15) is 0 Å². The molecule has 25 heavy (non-hydrogen) atoms. The van der Waals surface area contributed by atoms with Gasteiger partial charge in [-0.05, 0) is 66.0 Å². The number of rotatable bonds is 4. The van der Waals surface area contributed by atoms with Crippen molar-refractivity contribution in [3.63, 3.8) is 0 Å². The van der Waals surface area contributed by atoms with E-state index < -0.39 is 0 Å². The molecule has 0 unspecified atom stereocenters. The zero-order valence-electron chi connectivity index (χ0n) is 15.0. The maximum absolute atomic E-state index is 5.61. The minimum absolute atomic E-state index is 0.754. The molecule has 1 N–H and O–H groups in total. The van der Waals surface area contributed by atoms with Crippen LogP contribution >= 0.6 is 12.2 Å². The predicted molar refractivity (Wildman–Crippen MR) is 106 cm³/mol. The fraction of sp³-hybridized carbons (Fsp3) is 0.350. The number of ether oxygens (including phenoxy) is 2. The predicted octanol–water partition coefficient (Wildman–Crippen LogP) is 4.02. The summed E-state index contributed by atoms with van der Waals surface area (Å²) in [6.45, 7) is 3.82. The van der Waals surface area contributed by atoms with Gasteiger partial charge in [-0.2, -0.15) is 0 Å². The lowest BCUT2D eigenvalue weighted by Crippen LogP contribution is -2.38. The van der Waals surface area contributed by atoms with Crippen LogP contribution in [0.25, 0.3) is 0 Å². The van der Waals surface area contributed by atoms with Crippen LogP contribution in [-0.2, 0) is 19.4 Å². The van der Waals surface area contributed by atoms with Gasteiger partial charge in [-0.3, -0.25) is 0 Å². The molecule has 0 saturated carbocycles. The Morgan fingerprint density at radius 2 is 1.72 bits per heavy atom. The van der Waals surface area contributed by atoms with E-state index >= 15 is 0 Å². The van der Waals surface area contributed by atoms with Crippen LogP contribution in [0.3, 0.4) is 0 Å². The van der Waals surface area contributed by atoms with Crippen molar-refractivity contribution in [2.75, 3.05) is 26.1 Å². The molecule has 0 atom stereocenters. The highest BCUT2D eigenvalue weighted by Gasteiger charge is 2.21. The summed E-state index contributed by atoms with van der Waals surface area (Å²) in [5.74, 6) is 1.54. The van der Waals surface area contributed by atoms with Crippen LogP contribution in [0.4, 0.5) is 5.69 Å². The summed E-state index contributed by atoms with van der Waals surface area (Å²) in [4.78, 5) is 2.19. The Balaban J connectivity index is 1.71.